The highest BCUT2D eigenvalue weighted by atomic mass is 16.5. The minimum Gasteiger partial charge on any atom is -0.464 e. The third-order valence-corrected chi connectivity index (χ3v) is 2.99. The Hall–Kier alpha value is -2.43. The Balaban J connectivity index is 2.02. The zero-order chi connectivity index (χ0) is 14.4. The van der Waals surface area contributed by atoms with Gasteiger partial charge in [0, 0.05) is 13.6 Å². The van der Waals surface area contributed by atoms with Crippen molar-refractivity contribution in [1.82, 2.24) is 9.97 Å². The molecule has 1 heterocycles. The van der Waals surface area contributed by atoms with Crippen LogP contribution in [-0.2, 0) is 11.2 Å². The van der Waals surface area contributed by atoms with Gasteiger partial charge in [0.1, 0.15) is 5.82 Å². The second kappa shape index (κ2) is 6.65. The highest BCUT2D eigenvalue weighted by Crippen LogP contribution is 2.10. The molecule has 0 bridgehead atoms. The first kappa shape index (κ1) is 14.0. The van der Waals surface area contributed by atoms with Crippen molar-refractivity contribution >= 4 is 11.8 Å². The number of hydrogen-bond donors (Lipinski definition) is 0. The molecule has 0 aliphatic heterocycles. The lowest BCUT2D eigenvalue weighted by Gasteiger charge is -2.18. The summed E-state index contributed by atoms with van der Waals surface area (Å²) in [5, 5.41) is 0. The Kier molecular flexibility index (Phi) is 4.65. The number of rotatable bonds is 5. The molecule has 2 rings (SSSR count). The first-order valence-electron chi connectivity index (χ1n) is 6.36. The number of carbonyl (C=O) groups is 1. The standard InChI is InChI=1S/C15H17N3O2/c1-18(9-8-12-6-4-3-5-7-12)14-11-16-10-13(17-14)15(19)20-2/h3-7,10-11H,8-9H2,1-2H3. The normalized spacial score (nSPS) is 10.1. The lowest BCUT2D eigenvalue weighted by molar-refractivity contribution is 0.0593. The minimum atomic E-state index is -0.476. The lowest BCUT2D eigenvalue weighted by Crippen LogP contribution is -2.22. The van der Waals surface area contributed by atoms with E-state index in [-0.39, 0.29) is 5.69 Å². The highest BCUT2D eigenvalue weighted by Gasteiger charge is 2.10. The van der Waals surface area contributed by atoms with Gasteiger partial charge in [-0.05, 0) is 12.0 Å². The Morgan fingerprint density at radius 2 is 2.00 bits per heavy atom. The molecular weight excluding hydrogens is 254 g/mol. The molecule has 0 saturated heterocycles. The molecule has 0 aliphatic rings. The minimum absolute atomic E-state index is 0.219. The number of esters is 1. The van der Waals surface area contributed by atoms with Crippen LogP contribution >= 0.6 is 0 Å². The maximum atomic E-state index is 11.4. The van der Waals surface area contributed by atoms with E-state index in [1.807, 2.05) is 30.1 Å². The van der Waals surface area contributed by atoms with Crippen LogP contribution in [0.5, 0.6) is 0 Å². The molecule has 5 heteroatoms. The Bertz CT molecular complexity index is 572. The van der Waals surface area contributed by atoms with Crippen LogP contribution in [-0.4, -0.2) is 36.6 Å². The fraction of sp³-hybridized carbons (Fsp3) is 0.267. The third kappa shape index (κ3) is 3.54. The Morgan fingerprint density at radius 1 is 1.25 bits per heavy atom. The summed E-state index contributed by atoms with van der Waals surface area (Å²) in [5.41, 5.74) is 1.48. The van der Waals surface area contributed by atoms with Gasteiger partial charge < -0.3 is 9.64 Å². The van der Waals surface area contributed by atoms with Crippen LogP contribution in [0.25, 0.3) is 0 Å². The van der Waals surface area contributed by atoms with Crippen LogP contribution in [0.15, 0.2) is 42.7 Å². The number of aromatic nitrogens is 2. The molecule has 0 radical (unpaired) electrons. The molecular formula is C15H17N3O2. The largest absolute Gasteiger partial charge is 0.464 e. The number of methoxy groups -OCH3 is 1. The van der Waals surface area contributed by atoms with Crippen LogP contribution < -0.4 is 4.90 Å². The second-order valence-electron chi connectivity index (χ2n) is 4.41. The summed E-state index contributed by atoms with van der Waals surface area (Å²) in [6.07, 6.45) is 3.94. The second-order valence-corrected chi connectivity index (χ2v) is 4.41. The van der Waals surface area contributed by atoms with E-state index in [2.05, 4.69) is 26.8 Å². The predicted octanol–water partition coefficient (Wildman–Crippen LogP) is 1.94. The van der Waals surface area contributed by atoms with E-state index in [9.17, 15) is 4.79 Å². The number of anilines is 1. The molecule has 1 aromatic carbocycles. The van der Waals surface area contributed by atoms with Gasteiger partial charge in [-0.25, -0.2) is 9.78 Å². The zero-order valence-corrected chi connectivity index (χ0v) is 11.6. The number of carbonyl (C=O) groups excluding carboxylic acids is 1. The van der Waals surface area contributed by atoms with Crippen LogP contribution in [0.2, 0.25) is 0 Å². The quantitative estimate of drug-likeness (QED) is 0.778. The third-order valence-electron chi connectivity index (χ3n) is 2.99. The van der Waals surface area contributed by atoms with E-state index in [4.69, 9.17) is 0 Å². The topological polar surface area (TPSA) is 55.3 Å². The van der Waals surface area contributed by atoms with Gasteiger partial charge in [-0.15, -0.1) is 0 Å². The first-order valence-corrected chi connectivity index (χ1v) is 6.36. The van der Waals surface area contributed by atoms with Gasteiger partial charge in [-0.1, -0.05) is 30.3 Å². The van der Waals surface area contributed by atoms with Crippen LogP contribution in [0, 0.1) is 0 Å². The van der Waals surface area contributed by atoms with Crippen molar-refractivity contribution in [3.05, 3.63) is 54.0 Å². The molecule has 0 fully saturated rings. The highest BCUT2D eigenvalue weighted by molar-refractivity contribution is 5.87. The summed E-state index contributed by atoms with van der Waals surface area (Å²) < 4.78 is 4.64. The molecule has 0 saturated carbocycles. The van der Waals surface area contributed by atoms with E-state index >= 15 is 0 Å². The lowest BCUT2D eigenvalue weighted by atomic mass is 10.1. The number of hydrogen-bond acceptors (Lipinski definition) is 5. The number of ether oxygens (including phenoxy) is 1. The van der Waals surface area contributed by atoms with Crippen molar-refractivity contribution < 1.29 is 9.53 Å². The smallest absolute Gasteiger partial charge is 0.358 e. The van der Waals surface area contributed by atoms with Crippen LogP contribution in [0.3, 0.4) is 0 Å². The van der Waals surface area contributed by atoms with Crippen molar-refractivity contribution in [2.45, 2.75) is 6.42 Å². The van der Waals surface area contributed by atoms with Crippen molar-refractivity contribution in [3.63, 3.8) is 0 Å². The molecule has 20 heavy (non-hydrogen) atoms. The molecule has 1 aromatic heterocycles. The summed E-state index contributed by atoms with van der Waals surface area (Å²) in [4.78, 5) is 21.7. The molecule has 0 atom stereocenters. The zero-order valence-electron chi connectivity index (χ0n) is 11.6. The molecule has 0 unspecified atom stereocenters. The molecule has 0 amide bonds. The summed E-state index contributed by atoms with van der Waals surface area (Å²) in [5.74, 6) is 0.180. The molecule has 0 N–H and O–H groups in total. The van der Waals surface area contributed by atoms with Gasteiger partial charge in [0.2, 0.25) is 0 Å². The fourth-order valence-corrected chi connectivity index (χ4v) is 1.80. The summed E-state index contributed by atoms with van der Waals surface area (Å²) >= 11 is 0. The summed E-state index contributed by atoms with van der Waals surface area (Å²) in [7, 11) is 3.25. The van der Waals surface area contributed by atoms with E-state index in [1.54, 1.807) is 6.20 Å². The SMILES string of the molecule is COC(=O)c1cncc(N(C)CCc2ccccc2)n1. The Labute approximate surface area is 118 Å². The maximum absolute atomic E-state index is 11.4. The van der Waals surface area contributed by atoms with Crippen LogP contribution in [0.4, 0.5) is 5.82 Å². The molecule has 2 aromatic rings. The molecule has 5 nitrogen and oxygen atoms in total. The van der Waals surface area contributed by atoms with Crippen molar-refractivity contribution in [2.24, 2.45) is 0 Å². The number of benzene rings is 1. The molecule has 0 spiro atoms. The van der Waals surface area contributed by atoms with Gasteiger partial charge in [-0.2, -0.15) is 0 Å². The van der Waals surface area contributed by atoms with Gasteiger partial charge in [0.05, 0.1) is 19.5 Å². The molecule has 0 aliphatic carbocycles. The monoisotopic (exact) mass is 271 g/mol. The van der Waals surface area contributed by atoms with Gasteiger partial charge >= 0.3 is 5.97 Å². The summed E-state index contributed by atoms with van der Waals surface area (Å²) in [6, 6.07) is 10.2. The van der Waals surface area contributed by atoms with Crippen molar-refractivity contribution in [3.8, 4) is 0 Å². The number of nitrogens with zero attached hydrogens (tertiary/aromatic N) is 3. The van der Waals surface area contributed by atoms with Crippen LogP contribution in [0.1, 0.15) is 16.1 Å². The number of likely N-dealkylation sites (N-methyl/N-ethyl adjacent to an activating group) is 1. The Morgan fingerprint density at radius 3 is 2.70 bits per heavy atom. The average Bonchev–Trinajstić information content (AvgIpc) is 2.53. The maximum Gasteiger partial charge on any atom is 0.358 e. The van der Waals surface area contributed by atoms with Crippen molar-refractivity contribution in [1.29, 1.82) is 0 Å². The van der Waals surface area contributed by atoms with E-state index in [1.165, 1.54) is 18.9 Å². The van der Waals surface area contributed by atoms with Gasteiger partial charge in [0.25, 0.3) is 0 Å². The van der Waals surface area contributed by atoms with Gasteiger partial charge in [-0.3, -0.25) is 4.98 Å². The first-order chi connectivity index (χ1) is 9.70. The summed E-state index contributed by atoms with van der Waals surface area (Å²) in [6.45, 7) is 0.795. The average molecular weight is 271 g/mol. The molecule has 104 valence electrons. The van der Waals surface area contributed by atoms with Crippen molar-refractivity contribution in [2.75, 3.05) is 25.6 Å². The van der Waals surface area contributed by atoms with E-state index in [0.29, 0.717) is 5.82 Å². The fourth-order valence-electron chi connectivity index (χ4n) is 1.80. The van der Waals surface area contributed by atoms with E-state index < -0.39 is 5.97 Å². The van der Waals surface area contributed by atoms with Gasteiger partial charge in [0.15, 0.2) is 5.69 Å². The predicted molar refractivity (Wildman–Crippen MR) is 76.8 cm³/mol. The van der Waals surface area contributed by atoms with E-state index in [0.717, 1.165) is 13.0 Å².